The van der Waals surface area contributed by atoms with E-state index in [1.54, 1.807) is 17.5 Å². The maximum absolute atomic E-state index is 13.0. The van der Waals surface area contributed by atoms with Crippen molar-refractivity contribution in [2.24, 2.45) is 5.92 Å². The predicted octanol–water partition coefficient (Wildman–Crippen LogP) is 3.66. The van der Waals surface area contributed by atoms with Crippen molar-refractivity contribution in [2.45, 2.75) is 25.7 Å². The molecule has 2 atom stereocenters. The second kappa shape index (κ2) is 7.27. The van der Waals surface area contributed by atoms with Gasteiger partial charge in [-0.3, -0.25) is 4.79 Å². The average molecular weight is 398 g/mol. The van der Waals surface area contributed by atoms with Crippen LogP contribution in [0.25, 0.3) is 0 Å². The number of carbonyl (C=O) groups is 1. The molecule has 1 aliphatic rings. The van der Waals surface area contributed by atoms with Crippen molar-refractivity contribution in [3.63, 3.8) is 0 Å². The molecule has 1 saturated carbocycles. The fourth-order valence-corrected chi connectivity index (χ4v) is 4.11. The maximum Gasteiger partial charge on any atom is 0.229 e. The average Bonchev–Trinajstić information content (AvgIpc) is 3.14. The lowest BCUT2D eigenvalue weighted by Gasteiger charge is -2.18. The fourth-order valence-electron chi connectivity index (χ4n) is 3.34. The van der Waals surface area contributed by atoms with E-state index < -0.39 is 11.2 Å². The standard InChI is InChI=1S/C20H19FN4O2S/c1-12-17(9-22-13(2)24-12)27-11-20(14-5-6-28-10-14)7-16(20)19(26)25-18-4-3-15(21)8-23-18/h3-6,8-10,16H,7,11H2,1-2H3,(H,23,25,26)/t16-,20+/m0/s1. The lowest BCUT2D eigenvalue weighted by molar-refractivity contribution is -0.117. The van der Waals surface area contributed by atoms with Crippen molar-refractivity contribution in [1.29, 1.82) is 0 Å². The predicted molar refractivity (Wildman–Crippen MR) is 104 cm³/mol. The molecule has 1 fully saturated rings. The Morgan fingerprint density at radius 1 is 1.32 bits per heavy atom. The third-order valence-electron chi connectivity index (χ3n) is 5.01. The molecule has 1 N–H and O–H groups in total. The van der Waals surface area contributed by atoms with E-state index in [1.165, 1.54) is 12.1 Å². The molecule has 0 unspecified atom stereocenters. The number of aryl methyl sites for hydroxylation is 2. The molecule has 8 heteroatoms. The monoisotopic (exact) mass is 398 g/mol. The first kappa shape index (κ1) is 18.5. The number of pyridine rings is 1. The summed E-state index contributed by atoms with van der Waals surface area (Å²) in [5.74, 6) is 0.799. The number of aromatic nitrogens is 3. The van der Waals surface area contributed by atoms with Crippen LogP contribution in [-0.4, -0.2) is 27.5 Å². The number of rotatable bonds is 6. The highest BCUT2D eigenvalue weighted by atomic mass is 32.1. The van der Waals surface area contributed by atoms with Gasteiger partial charge in [-0.2, -0.15) is 11.3 Å². The highest BCUT2D eigenvalue weighted by molar-refractivity contribution is 7.08. The topological polar surface area (TPSA) is 77.0 Å². The lowest BCUT2D eigenvalue weighted by atomic mass is 9.96. The second-order valence-corrected chi connectivity index (χ2v) is 7.71. The summed E-state index contributed by atoms with van der Waals surface area (Å²) in [7, 11) is 0. The van der Waals surface area contributed by atoms with Crippen molar-refractivity contribution >= 4 is 23.1 Å². The zero-order chi connectivity index (χ0) is 19.7. The van der Waals surface area contributed by atoms with E-state index in [-0.39, 0.29) is 11.8 Å². The van der Waals surface area contributed by atoms with Gasteiger partial charge in [0.25, 0.3) is 0 Å². The summed E-state index contributed by atoms with van der Waals surface area (Å²) in [5, 5.41) is 6.81. The summed E-state index contributed by atoms with van der Waals surface area (Å²) in [6.07, 6.45) is 3.42. The summed E-state index contributed by atoms with van der Waals surface area (Å²) in [5.41, 5.74) is 1.45. The molecule has 0 spiro atoms. The molecule has 0 radical (unpaired) electrons. The third kappa shape index (κ3) is 3.60. The molecule has 0 saturated heterocycles. The minimum absolute atomic E-state index is 0.147. The number of nitrogens with one attached hydrogen (secondary N) is 1. The molecule has 3 heterocycles. The molecule has 3 aromatic heterocycles. The molecule has 1 amide bonds. The Balaban J connectivity index is 1.50. The van der Waals surface area contributed by atoms with Gasteiger partial charge in [0, 0.05) is 5.41 Å². The summed E-state index contributed by atoms with van der Waals surface area (Å²) in [6.45, 7) is 4.05. The Morgan fingerprint density at radius 2 is 2.18 bits per heavy atom. The number of amides is 1. The molecule has 6 nitrogen and oxygen atoms in total. The first-order chi connectivity index (χ1) is 13.5. The van der Waals surface area contributed by atoms with Crippen LogP contribution in [0.3, 0.4) is 0 Å². The van der Waals surface area contributed by atoms with Crippen LogP contribution in [0.1, 0.15) is 23.5 Å². The Hall–Kier alpha value is -2.87. The quantitative estimate of drug-likeness (QED) is 0.686. The van der Waals surface area contributed by atoms with Gasteiger partial charge in [-0.05, 0) is 54.8 Å². The highest BCUT2D eigenvalue weighted by Gasteiger charge is 2.60. The summed E-state index contributed by atoms with van der Waals surface area (Å²) in [4.78, 5) is 25.2. The summed E-state index contributed by atoms with van der Waals surface area (Å²) < 4.78 is 19.0. The van der Waals surface area contributed by atoms with E-state index >= 15 is 0 Å². The first-order valence-electron chi connectivity index (χ1n) is 8.86. The van der Waals surface area contributed by atoms with Gasteiger partial charge in [-0.25, -0.2) is 19.3 Å². The minimum atomic E-state index is -0.443. The zero-order valence-corrected chi connectivity index (χ0v) is 16.3. The van der Waals surface area contributed by atoms with Crippen LogP contribution in [0, 0.1) is 25.6 Å². The minimum Gasteiger partial charge on any atom is -0.489 e. The van der Waals surface area contributed by atoms with Crippen molar-refractivity contribution in [1.82, 2.24) is 15.0 Å². The van der Waals surface area contributed by atoms with Gasteiger partial charge < -0.3 is 10.1 Å². The van der Waals surface area contributed by atoms with Crippen LogP contribution in [-0.2, 0) is 10.2 Å². The van der Waals surface area contributed by atoms with Gasteiger partial charge in [0.1, 0.15) is 17.5 Å². The van der Waals surface area contributed by atoms with E-state index in [1.807, 2.05) is 30.7 Å². The number of nitrogens with zero attached hydrogens (tertiary/aromatic N) is 3. The van der Waals surface area contributed by atoms with E-state index in [9.17, 15) is 9.18 Å². The lowest BCUT2D eigenvalue weighted by Crippen LogP contribution is -2.26. The van der Waals surface area contributed by atoms with Crippen LogP contribution in [0.4, 0.5) is 10.2 Å². The smallest absolute Gasteiger partial charge is 0.229 e. The van der Waals surface area contributed by atoms with Crippen molar-refractivity contribution < 1.29 is 13.9 Å². The molecule has 0 bridgehead atoms. The zero-order valence-electron chi connectivity index (χ0n) is 15.5. The third-order valence-corrected chi connectivity index (χ3v) is 5.69. The molecule has 144 valence electrons. The van der Waals surface area contributed by atoms with E-state index in [4.69, 9.17) is 4.74 Å². The molecular weight excluding hydrogens is 379 g/mol. The molecule has 0 aromatic carbocycles. The molecule has 28 heavy (non-hydrogen) atoms. The van der Waals surface area contributed by atoms with Crippen molar-refractivity contribution in [3.8, 4) is 5.75 Å². The Labute approximate surface area is 165 Å². The molecule has 4 rings (SSSR count). The molecular formula is C20H19FN4O2S. The van der Waals surface area contributed by atoms with Gasteiger partial charge >= 0.3 is 0 Å². The van der Waals surface area contributed by atoms with Crippen molar-refractivity contribution in [2.75, 3.05) is 11.9 Å². The molecule has 0 aliphatic heterocycles. The SMILES string of the molecule is Cc1ncc(OC[C@@]2(c3ccsc3)C[C@H]2C(=O)Nc2ccc(F)cn2)c(C)n1. The fraction of sp³-hybridized carbons (Fsp3) is 0.300. The Kier molecular flexibility index (Phi) is 4.80. The Morgan fingerprint density at radius 3 is 2.86 bits per heavy atom. The number of hydrogen-bond acceptors (Lipinski definition) is 6. The van der Waals surface area contributed by atoms with Crippen LogP contribution in [0.5, 0.6) is 5.75 Å². The van der Waals surface area contributed by atoms with Gasteiger partial charge in [0.15, 0.2) is 5.75 Å². The van der Waals surface area contributed by atoms with Crippen molar-refractivity contribution in [3.05, 3.63) is 64.3 Å². The normalized spacial score (nSPS) is 20.6. The highest BCUT2D eigenvalue weighted by Crippen LogP contribution is 2.55. The van der Waals surface area contributed by atoms with Gasteiger partial charge in [0.2, 0.25) is 5.91 Å². The van der Waals surface area contributed by atoms with E-state index in [2.05, 4.69) is 20.3 Å². The van der Waals surface area contributed by atoms with E-state index in [0.717, 1.165) is 17.5 Å². The molecule has 3 aromatic rings. The summed E-state index contributed by atoms with van der Waals surface area (Å²) in [6, 6.07) is 4.74. The number of ether oxygens (including phenoxy) is 1. The van der Waals surface area contributed by atoms with Gasteiger partial charge in [-0.1, -0.05) is 0 Å². The molecule has 1 aliphatic carbocycles. The van der Waals surface area contributed by atoms with Gasteiger partial charge in [-0.15, -0.1) is 0 Å². The number of halogens is 1. The Bertz CT molecular complexity index is 994. The van der Waals surface area contributed by atoms with Gasteiger partial charge in [0.05, 0.1) is 30.6 Å². The number of hydrogen-bond donors (Lipinski definition) is 1. The number of anilines is 1. The van der Waals surface area contributed by atoms with Crippen LogP contribution in [0.2, 0.25) is 0 Å². The largest absolute Gasteiger partial charge is 0.489 e. The summed E-state index contributed by atoms with van der Waals surface area (Å²) >= 11 is 1.59. The maximum atomic E-state index is 13.0. The number of carbonyl (C=O) groups excluding carboxylic acids is 1. The van der Waals surface area contributed by atoms with Crippen LogP contribution < -0.4 is 10.1 Å². The van der Waals surface area contributed by atoms with Crippen LogP contribution in [0.15, 0.2) is 41.4 Å². The van der Waals surface area contributed by atoms with E-state index in [0.29, 0.717) is 30.4 Å². The number of thiophene rings is 1. The second-order valence-electron chi connectivity index (χ2n) is 6.93. The van der Waals surface area contributed by atoms with Crippen LogP contribution >= 0.6 is 11.3 Å². The first-order valence-corrected chi connectivity index (χ1v) is 9.80.